The van der Waals surface area contributed by atoms with Crippen molar-refractivity contribution in [1.82, 2.24) is 9.78 Å². The van der Waals surface area contributed by atoms with Gasteiger partial charge < -0.3 is 11.1 Å². The highest BCUT2D eigenvalue weighted by molar-refractivity contribution is 5.92. The third-order valence-corrected chi connectivity index (χ3v) is 4.06. The average molecular weight is 287 g/mol. The lowest BCUT2D eigenvalue weighted by atomic mass is 9.95. The largest absolute Gasteiger partial charge is 0.330 e. The zero-order chi connectivity index (χ0) is 13.3. The molecule has 19 heavy (non-hydrogen) atoms. The van der Waals surface area contributed by atoms with Crippen LogP contribution in [-0.2, 0) is 11.8 Å². The Balaban J connectivity index is 0.00000180. The van der Waals surface area contributed by atoms with Gasteiger partial charge in [-0.3, -0.25) is 9.48 Å². The summed E-state index contributed by atoms with van der Waals surface area (Å²) in [5.41, 5.74) is 7.71. The Morgan fingerprint density at radius 2 is 2.16 bits per heavy atom. The maximum Gasteiger partial charge on any atom is 0.228 e. The summed E-state index contributed by atoms with van der Waals surface area (Å²) in [6, 6.07) is 0. The van der Waals surface area contributed by atoms with Gasteiger partial charge in [0.1, 0.15) is 5.82 Å². The van der Waals surface area contributed by atoms with Crippen LogP contribution in [0.15, 0.2) is 0 Å². The van der Waals surface area contributed by atoms with E-state index >= 15 is 0 Å². The molecule has 1 amide bonds. The summed E-state index contributed by atoms with van der Waals surface area (Å²) in [5.74, 6) is 1.29. The molecule has 0 unspecified atom stereocenters. The molecule has 0 aliphatic heterocycles. The van der Waals surface area contributed by atoms with Crippen LogP contribution in [0.1, 0.15) is 30.5 Å². The van der Waals surface area contributed by atoms with E-state index in [4.69, 9.17) is 5.73 Å². The number of hydrogen-bond donors (Lipinski definition) is 2. The van der Waals surface area contributed by atoms with Gasteiger partial charge in [0.25, 0.3) is 0 Å². The standard InChI is InChI=1S/C13H22N4O.ClH/c1-8-9(2)16-17(3)12(8)15-13(18)11-6-4-5-10(11)7-14;/h10-11H,4-7,14H2,1-3H3,(H,15,18);1H/t10-,11-;/m1./s1. The number of aromatic nitrogens is 2. The van der Waals surface area contributed by atoms with Crippen molar-refractivity contribution >= 4 is 24.1 Å². The van der Waals surface area contributed by atoms with Gasteiger partial charge in [-0.05, 0) is 39.2 Å². The van der Waals surface area contributed by atoms with Gasteiger partial charge in [0.2, 0.25) is 5.91 Å². The number of anilines is 1. The van der Waals surface area contributed by atoms with E-state index in [1.54, 1.807) is 4.68 Å². The van der Waals surface area contributed by atoms with Crippen molar-refractivity contribution in [2.75, 3.05) is 11.9 Å². The molecule has 0 bridgehead atoms. The highest BCUT2D eigenvalue weighted by atomic mass is 35.5. The summed E-state index contributed by atoms with van der Waals surface area (Å²) >= 11 is 0. The molecule has 5 nitrogen and oxygen atoms in total. The fraction of sp³-hybridized carbons (Fsp3) is 0.692. The third kappa shape index (κ3) is 3.09. The molecular weight excluding hydrogens is 264 g/mol. The zero-order valence-electron chi connectivity index (χ0n) is 11.8. The van der Waals surface area contributed by atoms with Crippen LogP contribution in [0.4, 0.5) is 5.82 Å². The van der Waals surface area contributed by atoms with E-state index in [0.29, 0.717) is 12.5 Å². The van der Waals surface area contributed by atoms with E-state index in [2.05, 4.69) is 10.4 Å². The Morgan fingerprint density at radius 3 is 2.68 bits per heavy atom. The Labute approximate surface area is 120 Å². The first-order valence-corrected chi connectivity index (χ1v) is 6.55. The van der Waals surface area contributed by atoms with Gasteiger partial charge in [-0.15, -0.1) is 12.4 Å². The van der Waals surface area contributed by atoms with Crippen molar-refractivity contribution in [2.24, 2.45) is 24.6 Å². The molecular formula is C13H23ClN4O. The smallest absolute Gasteiger partial charge is 0.228 e. The first-order valence-electron chi connectivity index (χ1n) is 6.55. The molecule has 1 aliphatic rings. The Bertz CT molecular complexity index is 458. The van der Waals surface area contributed by atoms with E-state index in [1.165, 1.54) is 0 Å². The summed E-state index contributed by atoms with van der Waals surface area (Å²) in [7, 11) is 1.85. The SMILES string of the molecule is Cc1nn(C)c(NC(=O)[C@@H]2CCC[C@@H]2CN)c1C.Cl. The minimum Gasteiger partial charge on any atom is -0.330 e. The van der Waals surface area contributed by atoms with E-state index in [9.17, 15) is 4.79 Å². The number of halogens is 1. The van der Waals surface area contributed by atoms with E-state index < -0.39 is 0 Å². The first-order chi connectivity index (χ1) is 8.54. The monoisotopic (exact) mass is 286 g/mol. The van der Waals surface area contributed by atoms with E-state index in [0.717, 1.165) is 36.3 Å². The van der Waals surface area contributed by atoms with Gasteiger partial charge >= 0.3 is 0 Å². The Kier molecular flexibility index (Phi) is 5.38. The molecule has 2 rings (SSSR count). The van der Waals surface area contributed by atoms with Crippen LogP contribution < -0.4 is 11.1 Å². The molecule has 1 heterocycles. The van der Waals surface area contributed by atoms with Gasteiger partial charge in [-0.2, -0.15) is 5.10 Å². The lowest BCUT2D eigenvalue weighted by molar-refractivity contribution is -0.120. The summed E-state index contributed by atoms with van der Waals surface area (Å²) in [6.45, 7) is 4.53. The van der Waals surface area contributed by atoms with Gasteiger partial charge in [0.15, 0.2) is 0 Å². The Hall–Kier alpha value is -1.07. The van der Waals surface area contributed by atoms with E-state index in [1.807, 2.05) is 20.9 Å². The molecule has 0 radical (unpaired) electrons. The molecule has 0 spiro atoms. The highest BCUT2D eigenvalue weighted by Gasteiger charge is 2.32. The quantitative estimate of drug-likeness (QED) is 0.889. The van der Waals surface area contributed by atoms with Crippen LogP contribution in [0.2, 0.25) is 0 Å². The summed E-state index contributed by atoms with van der Waals surface area (Å²) < 4.78 is 1.73. The molecule has 108 valence electrons. The minimum absolute atomic E-state index is 0. The second-order valence-corrected chi connectivity index (χ2v) is 5.21. The number of carbonyl (C=O) groups excluding carboxylic acids is 1. The molecule has 2 atom stereocenters. The molecule has 1 aromatic rings. The van der Waals surface area contributed by atoms with Crippen molar-refractivity contribution in [3.05, 3.63) is 11.3 Å². The highest BCUT2D eigenvalue weighted by Crippen LogP contribution is 2.32. The second kappa shape index (κ2) is 6.39. The summed E-state index contributed by atoms with van der Waals surface area (Å²) in [6.07, 6.45) is 3.12. The number of nitrogens with one attached hydrogen (secondary N) is 1. The van der Waals surface area contributed by atoms with Gasteiger partial charge in [0, 0.05) is 18.5 Å². The number of carbonyl (C=O) groups is 1. The number of amides is 1. The lowest BCUT2D eigenvalue weighted by Crippen LogP contribution is -2.30. The van der Waals surface area contributed by atoms with Crippen LogP contribution in [0.25, 0.3) is 0 Å². The van der Waals surface area contributed by atoms with Crippen LogP contribution >= 0.6 is 12.4 Å². The molecule has 0 aromatic carbocycles. The van der Waals surface area contributed by atoms with Crippen molar-refractivity contribution in [3.63, 3.8) is 0 Å². The van der Waals surface area contributed by atoms with Gasteiger partial charge in [-0.1, -0.05) is 6.42 Å². The van der Waals surface area contributed by atoms with Crippen molar-refractivity contribution in [2.45, 2.75) is 33.1 Å². The van der Waals surface area contributed by atoms with Crippen LogP contribution in [0.5, 0.6) is 0 Å². The van der Waals surface area contributed by atoms with E-state index in [-0.39, 0.29) is 24.2 Å². The summed E-state index contributed by atoms with van der Waals surface area (Å²) in [5, 5.41) is 7.32. The van der Waals surface area contributed by atoms with Crippen LogP contribution in [0.3, 0.4) is 0 Å². The topological polar surface area (TPSA) is 72.9 Å². The van der Waals surface area contributed by atoms with Gasteiger partial charge in [0.05, 0.1) is 5.69 Å². The molecule has 1 aromatic heterocycles. The van der Waals surface area contributed by atoms with Crippen molar-refractivity contribution in [1.29, 1.82) is 0 Å². The molecule has 1 fully saturated rings. The number of hydrogen-bond acceptors (Lipinski definition) is 3. The predicted octanol–water partition coefficient (Wildman–Crippen LogP) is 1.77. The average Bonchev–Trinajstić information content (AvgIpc) is 2.90. The molecule has 6 heteroatoms. The number of nitrogens with two attached hydrogens (primary N) is 1. The molecule has 1 saturated carbocycles. The van der Waals surface area contributed by atoms with Crippen LogP contribution in [-0.4, -0.2) is 22.2 Å². The number of nitrogens with zero attached hydrogens (tertiary/aromatic N) is 2. The number of aryl methyl sites for hydroxylation is 2. The Morgan fingerprint density at radius 1 is 1.47 bits per heavy atom. The lowest BCUT2D eigenvalue weighted by Gasteiger charge is -2.17. The maximum atomic E-state index is 12.3. The second-order valence-electron chi connectivity index (χ2n) is 5.21. The van der Waals surface area contributed by atoms with Crippen LogP contribution in [0, 0.1) is 25.7 Å². The van der Waals surface area contributed by atoms with Crippen molar-refractivity contribution < 1.29 is 4.79 Å². The first kappa shape index (κ1) is 16.0. The molecule has 3 N–H and O–H groups in total. The predicted molar refractivity (Wildman–Crippen MR) is 78.4 cm³/mol. The molecule has 0 saturated heterocycles. The normalized spacial score (nSPS) is 22.1. The minimum atomic E-state index is 0. The third-order valence-electron chi connectivity index (χ3n) is 4.06. The number of rotatable bonds is 3. The zero-order valence-corrected chi connectivity index (χ0v) is 12.6. The fourth-order valence-corrected chi connectivity index (χ4v) is 2.81. The molecule has 1 aliphatic carbocycles. The summed E-state index contributed by atoms with van der Waals surface area (Å²) in [4.78, 5) is 12.3. The fourth-order valence-electron chi connectivity index (χ4n) is 2.81. The maximum absolute atomic E-state index is 12.3. The van der Waals surface area contributed by atoms with Crippen molar-refractivity contribution in [3.8, 4) is 0 Å². The van der Waals surface area contributed by atoms with Gasteiger partial charge in [-0.25, -0.2) is 0 Å².